The van der Waals surface area contributed by atoms with E-state index in [9.17, 15) is 18.8 Å². The molecule has 7 nitrogen and oxygen atoms in total. The monoisotopic (exact) mass is 394 g/mol. The number of nitrogens with zero attached hydrogens (tertiary/aromatic N) is 3. The van der Waals surface area contributed by atoms with E-state index >= 15 is 0 Å². The van der Waals surface area contributed by atoms with Gasteiger partial charge >= 0.3 is 0 Å². The molecule has 1 aliphatic carbocycles. The van der Waals surface area contributed by atoms with Gasteiger partial charge in [0.15, 0.2) is 0 Å². The van der Waals surface area contributed by atoms with Crippen LogP contribution in [-0.2, 0) is 9.59 Å². The van der Waals surface area contributed by atoms with Crippen LogP contribution in [0.4, 0.5) is 4.39 Å². The standard InChI is InChI=1S/C21H19FN4O3/c22-13-7-5-12(6-8-13)17-9-18(24-23-17)21(29)25-10-14(11-25)26-19(27)15-3-1-2-4-16(15)20(26)28/h1-2,5-9,14-16H,3-4,10-11H2,(H,23,24). The Hall–Kier alpha value is -3.29. The summed E-state index contributed by atoms with van der Waals surface area (Å²) in [6.45, 7) is 0.655. The van der Waals surface area contributed by atoms with Crippen LogP contribution in [0.15, 0.2) is 42.5 Å². The summed E-state index contributed by atoms with van der Waals surface area (Å²) in [6.07, 6.45) is 5.15. The second kappa shape index (κ2) is 6.65. The van der Waals surface area contributed by atoms with Crippen molar-refractivity contribution in [3.63, 3.8) is 0 Å². The van der Waals surface area contributed by atoms with Crippen LogP contribution in [0, 0.1) is 17.7 Å². The maximum Gasteiger partial charge on any atom is 0.272 e. The highest BCUT2D eigenvalue weighted by Crippen LogP contribution is 2.37. The summed E-state index contributed by atoms with van der Waals surface area (Å²) in [5.74, 6) is -1.29. The van der Waals surface area contributed by atoms with E-state index < -0.39 is 0 Å². The number of hydrogen-bond acceptors (Lipinski definition) is 4. The van der Waals surface area contributed by atoms with Gasteiger partial charge in [0.1, 0.15) is 11.5 Å². The minimum Gasteiger partial charge on any atom is -0.333 e. The largest absolute Gasteiger partial charge is 0.333 e. The Balaban J connectivity index is 1.24. The highest BCUT2D eigenvalue weighted by molar-refractivity contribution is 6.06. The number of carbonyl (C=O) groups is 3. The second-order valence-electron chi connectivity index (χ2n) is 7.74. The fraction of sp³-hybridized carbons (Fsp3) is 0.333. The zero-order valence-corrected chi connectivity index (χ0v) is 15.5. The minimum absolute atomic E-state index is 0.110. The van der Waals surface area contributed by atoms with Gasteiger partial charge in [-0.05, 0) is 43.2 Å². The number of likely N-dealkylation sites (tertiary alicyclic amines) is 2. The van der Waals surface area contributed by atoms with Crippen molar-refractivity contribution < 1.29 is 18.8 Å². The van der Waals surface area contributed by atoms with Crippen LogP contribution in [0.2, 0.25) is 0 Å². The number of benzene rings is 1. The zero-order chi connectivity index (χ0) is 20.1. The van der Waals surface area contributed by atoms with Crippen molar-refractivity contribution in [3.05, 3.63) is 54.0 Å². The number of halogens is 1. The van der Waals surface area contributed by atoms with E-state index in [0.717, 1.165) is 0 Å². The van der Waals surface area contributed by atoms with Gasteiger partial charge in [0, 0.05) is 18.7 Å². The molecular weight excluding hydrogens is 375 g/mol. The second-order valence-corrected chi connectivity index (χ2v) is 7.74. The molecule has 5 rings (SSSR count). The van der Waals surface area contributed by atoms with Crippen molar-refractivity contribution in [3.8, 4) is 11.3 Å². The number of aromatic amines is 1. The molecule has 0 bridgehead atoms. The summed E-state index contributed by atoms with van der Waals surface area (Å²) in [4.78, 5) is 40.9. The maximum atomic E-state index is 13.1. The number of aromatic nitrogens is 2. The number of allylic oxidation sites excluding steroid dienone is 2. The minimum atomic E-state index is -0.339. The average Bonchev–Trinajstić information content (AvgIpc) is 3.28. The number of carbonyl (C=O) groups excluding carboxylic acids is 3. The molecule has 2 atom stereocenters. The predicted octanol–water partition coefficient (Wildman–Crippen LogP) is 1.99. The van der Waals surface area contributed by atoms with E-state index in [1.165, 1.54) is 17.0 Å². The molecule has 2 fully saturated rings. The zero-order valence-electron chi connectivity index (χ0n) is 15.5. The highest BCUT2D eigenvalue weighted by atomic mass is 19.1. The van der Waals surface area contributed by atoms with Crippen LogP contribution < -0.4 is 0 Å². The van der Waals surface area contributed by atoms with Gasteiger partial charge in [0.05, 0.1) is 23.6 Å². The number of amides is 3. The van der Waals surface area contributed by atoms with Gasteiger partial charge in [-0.25, -0.2) is 4.39 Å². The molecule has 3 aliphatic rings. The summed E-state index contributed by atoms with van der Waals surface area (Å²) in [7, 11) is 0. The molecule has 3 amide bonds. The first-order valence-electron chi connectivity index (χ1n) is 9.65. The number of nitrogens with one attached hydrogen (secondary N) is 1. The molecule has 0 saturated carbocycles. The SMILES string of the molecule is O=C(c1cc(-c2ccc(F)cc2)n[nH]1)N1CC(N2C(=O)C3CC=CCC3C2=O)C1. The van der Waals surface area contributed by atoms with E-state index in [-0.39, 0.29) is 41.4 Å². The van der Waals surface area contributed by atoms with Crippen LogP contribution in [0.5, 0.6) is 0 Å². The van der Waals surface area contributed by atoms with Gasteiger partial charge in [0.2, 0.25) is 11.8 Å². The van der Waals surface area contributed by atoms with Gasteiger partial charge in [-0.2, -0.15) is 5.10 Å². The number of H-pyrrole nitrogens is 1. The van der Waals surface area contributed by atoms with Crippen LogP contribution in [0.1, 0.15) is 23.3 Å². The lowest BCUT2D eigenvalue weighted by molar-refractivity contribution is -0.145. The number of imide groups is 1. The molecule has 2 aromatic rings. The lowest BCUT2D eigenvalue weighted by Crippen LogP contribution is -2.62. The Morgan fingerprint density at radius 3 is 2.28 bits per heavy atom. The number of rotatable bonds is 3. The van der Waals surface area contributed by atoms with Gasteiger partial charge < -0.3 is 4.90 Å². The molecule has 3 heterocycles. The van der Waals surface area contributed by atoms with Crippen molar-refractivity contribution in [2.75, 3.05) is 13.1 Å². The van der Waals surface area contributed by atoms with Crippen molar-refractivity contribution in [2.45, 2.75) is 18.9 Å². The average molecular weight is 394 g/mol. The van der Waals surface area contributed by atoms with E-state index in [4.69, 9.17) is 0 Å². The van der Waals surface area contributed by atoms with Crippen molar-refractivity contribution >= 4 is 17.7 Å². The Bertz CT molecular complexity index is 997. The summed E-state index contributed by atoms with van der Waals surface area (Å²) in [5, 5.41) is 6.85. The predicted molar refractivity (Wildman–Crippen MR) is 101 cm³/mol. The molecule has 1 N–H and O–H groups in total. The van der Waals surface area contributed by atoms with E-state index in [0.29, 0.717) is 42.9 Å². The molecule has 2 saturated heterocycles. The van der Waals surface area contributed by atoms with Gasteiger partial charge in [0.25, 0.3) is 5.91 Å². The van der Waals surface area contributed by atoms with Crippen molar-refractivity contribution in [1.29, 1.82) is 0 Å². The summed E-state index contributed by atoms with van der Waals surface area (Å²) in [6, 6.07) is 7.22. The Morgan fingerprint density at radius 1 is 1.03 bits per heavy atom. The third-order valence-electron chi connectivity index (χ3n) is 6.00. The van der Waals surface area contributed by atoms with Crippen molar-refractivity contribution in [2.24, 2.45) is 11.8 Å². The first kappa shape index (κ1) is 17.8. The Labute approximate surface area is 166 Å². The van der Waals surface area contributed by atoms with E-state index in [1.807, 2.05) is 12.2 Å². The number of hydrogen-bond donors (Lipinski definition) is 1. The van der Waals surface area contributed by atoms with Gasteiger partial charge in [-0.15, -0.1) is 0 Å². The molecule has 0 radical (unpaired) electrons. The third-order valence-corrected chi connectivity index (χ3v) is 6.00. The van der Waals surface area contributed by atoms with E-state index in [2.05, 4.69) is 10.2 Å². The Morgan fingerprint density at radius 2 is 1.66 bits per heavy atom. The molecule has 1 aromatic carbocycles. The third kappa shape index (κ3) is 2.86. The molecule has 8 heteroatoms. The van der Waals surface area contributed by atoms with Crippen LogP contribution >= 0.6 is 0 Å². The first-order valence-corrected chi connectivity index (χ1v) is 9.65. The normalized spacial score (nSPS) is 24.0. The van der Waals surface area contributed by atoms with Gasteiger partial charge in [-0.3, -0.25) is 24.4 Å². The summed E-state index contributed by atoms with van der Waals surface area (Å²) in [5.41, 5.74) is 1.57. The topological polar surface area (TPSA) is 86.4 Å². The molecule has 148 valence electrons. The lowest BCUT2D eigenvalue weighted by atomic mass is 9.85. The first-order chi connectivity index (χ1) is 14.0. The molecule has 2 unspecified atom stereocenters. The van der Waals surface area contributed by atoms with Crippen LogP contribution in [0.25, 0.3) is 11.3 Å². The maximum absolute atomic E-state index is 13.1. The molecule has 1 aromatic heterocycles. The molecular formula is C21H19FN4O3. The lowest BCUT2D eigenvalue weighted by Gasteiger charge is -2.42. The summed E-state index contributed by atoms with van der Waals surface area (Å²) >= 11 is 0. The molecule has 29 heavy (non-hydrogen) atoms. The fourth-order valence-corrected chi connectivity index (χ4v) is 4.34. The molecule has 0 spiro atoms. The number of fused-ring (bicyclic) bond motifs is 1. The highest BCUT2D eigenvalue weighted by Gasteiger charge is 2.52. The van der Waals surface area contributed by atoms with Crippen LogP contribution in [-0.4, -0.2) is 56.9 Å². The van der Waals surface area contributed by atoms with Crippen molar-refractivity contribution in [1.82, 2.24) is 20.0 Å². The van der Waals surface area contributed by atoms with Gasteiger partial charge in [-0.1, -0.05) is 12.2 Å². The smallest absolute Gasteiger partial charge is 0.272 e. The summed E-state index contributed by atoms with van der Waals surface area (Å²) < 4.78 is 13.1. The van der Waals surface area contributed by atoms with Crippen LogP contribution in [0.3, 0.4) is 0 Å². The quantitative estimate of drug-likeness (QED) is 0.637. The Kier molecular flexibility index (Phi) is 4.08. The molecule has 2 aliphatic heterocycles. The fourth-order valence-electron chi connectivity index (χ4n) is 4.34. The van der Waals surface area contributed by atoms with E-state index in [1.54, 1.807) is 23.1 Å².